The summed E-state index contributed by atoms with van der Waals surface area (Å²) < 4.78 is 3.33. The van der Waals surface area contributed by atoms with Crippen molar-refractivity contribution >= 4 is 21.6 Å². The monoisotopic (exact) mass is 290 g/mol. The van der Waals surface area contributed by atoms with Gasteiger partial charge in [-0.3, -0.25) is 4.40 Å². The zero-order valence-electron chi connectivity index (χ0n) is 9.64. The van der Waals surface area contributed by atoms with Gasteiger partial charge in [-0.2, -0.15) is 0 Å². The molecule has 0 radical (unpaired) electrons. The maximum absolute atomic E-state index is 4.83. The van der Waals surface area contributed by atoms with Crippen molar-refractivity contribution in [1.82, 2.24) is 9.38 Å². The van der Waals surface area contributed by atoms with Gasteiger partial charge in [-0.25, -0.2) is 4.98 Å². The highest BCUT2D eigenvalue weighted by molar-refractivity contribution is 9.10. The van der Waals surface area contributed by atoms with E-state index in [9.17, 15) is 0 Å². The van der Waals surface area contributed by atoms with Crippen LogP contribution in [0.5, 0.6) is 0 Å². The zero-order chi connectivity index (χ0) is 11.4. The fraction of sp³-hybridized carbons (Fsp3) is 0.500. The van der Waals surface area contributed by atoms with Crippen molar-refractivity contribution in [3.05, 3.63) is 34.7 Å². The summed E-state index contributed by atoms with van der Waals surface area (Å²) >= 11 is 3.73. The molecule has 0 aromatic carbocycles. The predicted molar refractivity (Wildman–Crippen MR) is 71.1 cm³/mol. The van der Waals surface area contributed by atoms with Gasteiger partial charge in [0.25, 0.3) is 0 Å². The van der Waals surface area contributed by atoms with Crippen LogP contribution in [0.1, 0.15) is 37.3 Å². The first-order valence-electron chi connectivity index (χ1n) is 6.45. The van der Waals surface area contributed by atoms with Gasteiger partial charge < -0.3 is 0 Å². The molecule has 2 saturated carbocycles. The second-order valence-corrected chi connectivity index (χ2v) is 6.25. The van der Waals surface area contributed by atoms with Gasteiger partial charge in [0.05, 0.1) is 5.69 Å². The van der Waals surface area contributed by atoms with E-state index in [2.05, 4.69) is 44.7 Å². The summed E-state index contributed by atoms with van der Waals surface area (Å²) in [6.45, 7) is 0. The Morgan fingerprint density at radius 3 is 2.88 bits per heavy atom. The molecule has 0 N–H and O–H groups in total. The largest absolute Gasteiger partial charge is 0.294 e. The number of hydrogen-bond acceptors (Lipinski definition) is 1. The second-order valence-electron chi connectivity index (χ2n) is 5.50. The van der Waals surface area contributed by atoms with Gasteiger partial charge >= 0.3 is 0 Å². The Labute approximate surface area is 109 Å². The Bertz CT molecular complexity index is 575. The summed E-state index contributed by atoms with van der Waals surface area (Å²) in [7, 11) is 0. The molecule has 2 aliphatic carbocycles. The number of rotatable bonds is 1. The van der Waals surface area contributed by atoms with E-state index in [1.807, 2.05) is 0 Å². The van der Waals surface area contributed by atoms with E-state index in [1.54, 1.807) is 0 Å². The fourth-order valence-electron chi connectivity index (χ4n) is 3.80. The Morgan fingerprint density at radius 1 is 1.24 bits per heavy atom. The molecule has 2 aromatic heterocycles. The Balaban J connectivity index is 1.83. The van der Waals surface area contributed by atoms with Crippen molar-refractivity contribution in [3.8, 4) is 0 Å². The van der Waals surface area contributed by atoms with Crippen LogP contribution in [0.3, 0.4) is 0 Å². The summed E-state index contributed by atoms with van der Waals surface area (Å²) in [5.74, 6) is 2.56. The van der Waals surface area contributed by atoms with Crippen LogP contribution in [-0.4, -0.2) is 9.38 Å². The third kappa shape index (κ3) is 1.41. The molecule has 17 heavy (non-hydrogen) atoms. The van der Waals surface area contributed by atoms with Crippen LogP contribution in [-0.2, 0) is 0 Å². The van der Waals surface area contributed by atoms with Gasteiger partial charge in [0.15, 0.2) is 0 Å². The van der Waals surface area contributed by atoms with Gasteiger partial charge in [0.1, 0.15) is 10.3 Å². The van der Waals surface area contributed by atoms with Crippen LogP contribution >= 0.6 is 15.9 Å². The molecule has 2 nitrogen and oxygen atoms in total. The maximum atomic E-state index is 4.83. The number of nitrogens with zero attached hydrogens (tertiary/aromatic N) is 2. The molecule has 2 aliphatic rings. The standard InChI is InChI=1S/C14H15BrN2/c15-14-13(11-8-9-4-5-10(11)7-9)16-12-3-1-2-6-17(12)14/h1-3,6,9-11H,4-5,7-8H2. The molecule has 88 valence electrons. The molecule has 0 spiro atoms. The molecule has 0 amide bonds. The van der Waals surface area contributed by atoms with Crippen LogP contribution in [0.25, 0.3) is 5.65 Å². The number of imidazole rings is 1. The topological polar surface area (TPSA) is 17.3 Å². The maximum Gasteiger partial charge on any atom is 0.137 e. The van der Waals surface area contributed by atoms with Gasteiger partial charge in [-0.1, -0.05) is 12.5 Å². The Morgan fingerprint density at radius 2 is 2.18 bits per heavy atom. The summed E-state index contributed by atoms with van der Waals surface area (Å²) in [6, 6.07) is 6.20. The predicted octanol–water partition coefficient (Wildman–Crippen LogP) is 4.00. The molecule has 3 unspecified atom stereocenters. The van der Waals surface area contributed by atoms with Crippen LogP contribution in [0, 0.1) is 11.8 Å². The Kier molecular flexibility index (Phi) is 2.13. The highest BCUT2D eigenvalue weighted by atomic mass is 79.9. The molecule has 3 heteroatoms. The van der Waals surface area contributed by atoms with Crippen LogP contribution in [0.15, 0.2) is 29.0 Å². The van der Waals surface area contributed by atoms with Crippen molar-refractivity contribution in [2.75, 3.05) is 0 Å². The lowest BCUT2D eigenvalue weighted by atomic mass is 9.87. The van der Waals surface area contributed by atoms with Crippen molar-refractivity contribution in [3.63, 3.8) is 0 Å². The molecule has 4 rings (SSSR count). The van der Waals surface area contributed by atoms with Crippen molar-refractivity contribution < 1.29 is 0 Å². The number of aromatic nitrogens is 2. The molecule has 0 aliphatic heterocycles. The van der Waals surface area contributed by atoms with Gasteiger partial charge in [0.2, 0.25) is 0 Å². The average molecular weight is 291 g/mol. The van der Waals surface area contributed by atoms with E-state index in [4.69, 9.17) is 4.98 Å². The highest BCUT2D eigenvalue weighted by Crippen LogP contribution is 2.53. The smallest absolute Gasteiger partial charge is 0.137 e. The lowest BCUT2D eigenvalue weighted by Gasteiger charge is -2.19. The first kappa shape index (κ1) is 10.1. The lowest BCUT2D eigenvalue weighted by Crippen LogP contribution is -2.09. The molecule has 2 fully saturated rings. The zero-order valence-corrected chi connectivity index (χ0v) is 11.2. The van der Waals surface area contributed by atoms with E-state index in [0.29, 0.717) is 5.92 Å². The van der Waals surface area contributed by atoms with Crippen LogP contribution in [0.4, 0.5) is 0 Å². The third-order valence-electron chi connectivity index (χ3n) is 4.59. The molecule has 0 saturated heterocycles. The quantitative estimate of drug-likeness (QED) is 0.776. The SMILES string of the molecule is Brc1c(C2CC3CCC2C3)nc2ccccn12. The van der Waals surface area contributed by atoms with Crippen molar-refractivity contribution in [2.45, 2.75) is 31.6 Å². The number of fused-ring (bicyclic) bond motifs is 3. The molecule has 3 atom stereocenters. The molecule has 2 heterocycles. The van der Waals surface area contributed by atoms with E-state index in [0.717, 1.165) is 17.5 Å². The normalized spacial score (nSPS) is 31.5. The van der Waals surface area contributed by atoms with Gasteiger partial charge in [0, 0.05) is 12.1 Å². The van der Waals surface area contributed by atoms with Gasteiger partial charge in [-0.15, -0.1) is 0 Å². The Hall–Kier alpha value is -0.830. The summed E-state index contributed by atoms with van der Waals surface area (Å²) in [5.41, 5.74) is 2.36. The third-order valence-corrected chi connectivity index (χ3v) is 5.37. The number of halogens is 1. The summed E-state index contributed by atoms with van der Waals surface area (Å²) in [6.07, 6.45) is 7.74. The fourth-order valence-corrected chi connectivity index (χ4v) is 4.48. The highest BCUT2D eigenvalue weighted by Gasteiger charge is 2.42. The van der Waals surface area contributed by atoms with Crippen LogP contribution < -0.4 is 0 Å². The minimum absolute atomic E-state index is 0.697. The summed E-state index contributed by atoms with van der Waals surface area (Å²) in [5, 5.41) is 0. The molecule has 2 aromatic rings. The number of pyridine rings is 1. The molecular weight excluding hydrogens is 276 g/mol. The first-order chi connectivity index (χ1) is 8.33. The minimum Gasteiger partial charge on any atom is -0.294 e. The van der Waals surface area contributed by atoms with E-state index >= 15 is 0 Å². The van der Waals surface area contributed by atoms with E-state index in [-0.39, 0.29) is 0 Å². The van der Waals surface area contributed by atoms with Crippen molar-refractivity contribution in [1.29, 1.82) is 0 Å². The lowest BCUT2D eigenvalue weighted by molar-refractivity contribution is 0.413. The van der Waals surface area contributed by atoms with E-state index < -0.39 is 0 Å². The van der Waals surface area contributed by atoms with E-state index in [1.165, 1.54) is 36.0 Å². The minimum atomic E-state index is 0.697. The van der Waals surface area contributed by atoms with Crippen molar-refractivity contribution in [2.24, 2.45) is 11.8 Å². The number of hydrogen-bond donors (Lipinski definition) is 0. The summed E-state index contributed by atoms with van der Waals surface area (Å²) in [4.78, 5) is 4.83. The second kappa shape index (κ2) is 3.58. The van der Waals surface area contributed by atoms with Gasteiger partial charge in [-0.05, 0) is 59.2 Å². The average Bonchev–Trinajstić information content (AvgIpc) is 3.03. The van der Waals surface area contributed by atoms with Crippen LogP contribution in [0.2, 0.25) is 0 Å². The first-order valence-corrected chi connectivity index (χ1v) is 7.24. The molecular formula is C14H15BrN2. The molecule has 2 bridgehead atoms.